The Morgan fingerprint density at radius 2 is 0.597 bits per heavy atom. The van der Waals surface area contributed by atoms with E-state index >= 15 is 0 Å². The van der Waals surface area contributed by atoms with Gasteiger partial charge < -0.3 is 9.47 Å². The number of aromatic nitrogens is 14. The highest BCUT2D eigenvalue weighted by molar-refractivity contribution is 7.20. The maximum absolute atomic E-state index is 5.79. The van der Waals surface area contributed by atoms with Crippen LogP contribution >= 0.6 is 0 Å². The van der Waals surface area contributed by atoms with E-state index in [0.717, 1.165) is 129 Å². The van der Waals surface area contributed by atoms with E-state index in [1.54, 1.807) is 0 Å². The molecular formula is C120H79N17Si2. The lowest BCUT2D eigenvalue weighted by Gasteiger charge is -2.35. The first-order valence-electron chi connectivity index (χ1n) is 47.1. The third-order valence-corrected chi connectivity index (χ3v) is 38.5. The highest BCUT2D eigenvalue weighted by atomic mass is 28.3. The van der Waals surface area contributed by atoms with Crippen LogP contribution in [0.3, 0.4) is 0 Å². The number of nitrogens with zero attached hydrogens (tertiary/aromatic N) is 17. The van der Waals surface area contributed by atoms with E-state index in [9.17, 15) is 0 Å². The second-order valence-electron chi connectivity index (χ2n) is 36.2. The summed E-state index contributed by atoms with van der Waals surface area (Å²) >= 11 is 0. The molecule has 17 nitrogen and oxygen atoms in total. The van der Waals surface area contributed by atoms with Gasteiger partial charge in [-0.05, 0) is 162 Å². The molecule has 2 unspecified atom stereocenters. The van der Waals surface area contributed by atoms with Crippen molar-refractivity contribution in [3.63, 3.8) is 0 Å². The van der Waals surface area contributed by atoms with Crippen LogP contribution in [0.15, 0.2) is 472 Å². The predicted octanol–water partition coefficient (Wildman–Crippen LogP) is 20.5. The van der Waals surface area contributed by atoms with Crippen LogP contribution in [0.25, 0.3) is 162 Å². The van der Waals surface area contributed by atoms with E-state index in [-0.39, 0.29) is 12.1 Å². The van der Waals surface area contributed by atoms with Crippen LogP contribution in [0.1, 0.15) is 0 Å². The normalized spacial score (nSPS) is 14.3. The number of rotatable bonds is 16. The molecule has 2 atom stereocenters. The molecule has 139 heavy (non-hydrogen) atoms. The number of fused-ring (bicyclic) bond motifs is 23. The fourth-order valence-electron chi connectivity index (χ4n) is 22.9. The van der Waals surface area contributed by atoms with Crippen molar-refractivity contribution < 1.29 is 0 Å². The SMILES string of the molecule is C1=CC2N=C3N(c4nc(-c5ccc([Si](c6ccccc6)(c6ccccc6)c6cccc(-n7c8ccccc8c8ccccc87)c6)cc5)cc(-n5c6ccccc6n6c7cc(-c8ccc9nc%10n(-c%11nc(-c%12ccc([Si](c%13ccccc%13)(c%13ccccc%13)c%13ccccc%13)cc%12)cc(-n%12c%13ccccc%13n%13c%14ccccc%14nc%12%13)n%11)c%11ccccc%11n%10c9c8)ccc7nc56)n4)c4ccccc4N3C2C=C1. The van der Waals surface area contributed by atoms with Crippen LogP contribution in [-0.4, -0.2) is 101 Å². The summed E-state index contributed by atoms with van der Waals surface area (Å²) in [4.78, 5) is 49.7. The average Bonchev–Trinajstić information content (AvgIpc) is 1.51. The van der Waals surface area contributed by atoms with Gasteiger partial charge in [0.05, 0.1) is 112 Å². The largest absolute Gasteiger partial charge is 0.309 e. The summed E-state index contributed by atoms with van der Waals surface area (Å²) in [5, 5.41) is 12.6. The zero-order valence-electron chi connectivity index (χ0n) is 74.7. The van der Waals surface area contributed by atoms with Gasteiger partial charge >= 0.3 is 0 Å². The quantitative estimate of drug-likeness (QED) is 0.0682. The Balaban J connectivity index is 0.583. The standard InChI is InChI=1S/C120H79N17Si2/c1-6-34-83(35-7-1)138(84-36-8-2-9-37-84,85-38-10-3-11-39-85)88-67-61-78(62-68-88)97-76-113(134-107-57-28-24-53-103(107)130-101-51-22-18-47-93(101)123-117(130)134)127-116(122-97)137-110-60-31-27-56-106(110)133-112-74-81(66-72-96(112)126-120(133)137)80-65-71-95-111(73-80)132-104-54-25-29-58-108(104)135(118(132)125-95)114-77-98(121-115(128-114)136-109-59-30-26-55-105(109)131-102-52-23-19-48-94(102)124-119(131)136)79-63-69-89(70-64-79)139(86-40-12-4-13-41-86,87-42-14-5-15-43-87)90-44-32-33-82(75-90)129-99-49-20-16-45-91(99)92-46-17-21-50-100(92)129/h1-77,94,102H. The molecule has 652 valence electrons. The first-order valence-corrected chi connectivity index (χ1v) is 51.1. The zero-order valence-corrected chi connectivity index (χ0v) is 76.7. The van der Waals surface area contributed by atoms with Crippen molar-refractivity contribution in [2.45, 2.75) is 12.1 Å². The average molecular weight is 1820 g/mol. The number of hydrogen-bond acceptors (Lipinski definition) is 10. The Morgan fingerprint density at radius 1 is 0.230 bits per heavy atom. The second-order valence-corrected chi connectivity index (χ2v) is 43.8. The monoisotopic (exact) mass is 1810 g/mol. The molecule has 0 N–H and O–H groups in total. The van der Waals surface area contributed by atoms with Crippen LogP contribution in [0, 0.1) is 0 Å². The zero-order chi connectivity index (χ0) is 91.1. The van der Waals surface area contributed by atoms with E-state index < -0.39 is 16.1 Å². The number of para-hydroxylation sites is 12. The van der Waals surface area contributed by atoms with Crippen molar-refractivity contribution in [1.82, 2.24) is 66.4 Å². The minimum Gasteiger partial charge on any atom is -0.309 e. The number of hydrogen-bond donors (Lipinski definition) is 0. The first-order chi connectivity index (χ1) is 68.9. The Bertz CT molecular complexity index is 9440. The third kappa shape index (κ3) is 11.6. The molecule has 9 aromatic heterocycles. The Labute approximate surface area is 798 Å². The van der Waals surface area contributed by atoms with E-state index in [1.165, 1.54) is 63.3 Å². The van der Waals surface area contributed by atoms with E-state index in [4.69, 9.17) is 39.9 Å². The molecule has 0 saturated heterocycles. The van der Waals surface area contributed by atoms with Crippen LogP contribution < -0.4 is 51.3 Å². The molecular weight excluding hydrogens is 1740 g/mol. The summed E-state index contributed by atoms with van der Waals surface area (Å²) in [6, 6.07) is 161. The van der Waals surface area contributed by atoms with Crippen LogP contribution in [0.5, 0.6) is 0 Å². The van der Waals surface area contributed by atoms with E-state index in [0.29, 0.717) is 35.1 Å². The highest BCUT2D eigenvalue weighted by Gasteiger charge is 2.48. The van der Waals surface area contributed by atoms with Crippen molar-refractivity contribution >= 4 is 186 Å². The molecule has 1 aliphatic carbocycles. The van der Waals surface area contributed by atoms with Gasteiger partial charge in [0.2, 0.25) is 35.2 Å². The lowest BCUT2D eigenvalue weighted by Crippen LogP contribution is -2.74. The Morgan fingerprint density at radius 3 is 1.10 bits per heavy atom. The molecule has 2 aliphatic heterocycles. The van der Waals surface area contributed by atoms with Gasteiger partial charge in [-0.15, -0.1) is 0 Å². The summed E-state index contributed by atoms with van der Waals surface area (Å²) in [5.74, 6) is 5.11. The van der Waals surface area contributed by atoms with Gasteiger partial charge in [-0.1, -0.05) is 346 Å². The summed E-state index contributed by atoms with van der Waals surface area (Å²) in [6.07, 6.45) is 8.67. The molecule has 11 heterocycles. The van der Waals surface area contributed by atoms with Crippen LogP contribution in [-0.2, 0) is 0 Å². The minimum atomic E-state index is -3.18. The van der Waals surface area contributed by atoms with Crippen molar-refractivity contribution in [1.29, 1.82) is 0 Å². The topological polar surface area (TPSA) is 142 Å². The van der Waals surface area contributed by atoms with Gasteiger partial charge in [0.25, 0.3) is 0 Å². The molecule has 0 radical (unpaired) electrons. The lowest BCUT2D eigenvalue weighted by molar-refractivity contribution is 0.741. The predicted molar refractivity (Wildman–Crippen MR) is 569 cm³/mol. The van der Waals surface area contributed by atoms with Gasteiger partial charge in [-0.2, -0.15) is 9.97 Å². The smallest absolute Gasteiger partial charge is 0.239 e. The van der Waals surface area contributed by atoms with E-state index in [1.807, 2.05) is 6.07 Å². The van der Waals surface area contributed by atoms with Crippen molar-refractivity contribution in [3.05, 3.63) is 467 Å². The maximum Gasteiger partial charge on any atom is 0.239 e. The summed E-state index contributed by atoms with van der Waals surface area (Å²) in [7, 11) is -6.08. The molecule has 29 rings (SSSR count). The van der Waals surface area contributed by atoms with Gasteiger partial charge in [-0.3, -0.25) is 22.3 Å². The lowest BCUT2D eigenvalue weighted by atomic mass is 10.0. The molecule has 19 heteroatoms. The maximum atomic E-state index is 5.79. The number of guanidine groups is 1. The molecule has 0 bridgehead atoms. The Hall–Kier alpha value is -18.3. The van der Waals surface area contributed by atoms with Gasteiger partial charge in [0, 0.05) is 39.7 Å². The summed E-state index contributed by atoms with van der Waals surface area (Å²) in [5.41, 5.74) is 21.8. The van der Waals surface area contributed by atoms with Crippen LogP contribution in [0.2, 0.25) is 0 Å². The van der Waals surface area contributed by atoms with Gasteiger partial charge in [-0.25, -0.2) is 39.4 Å². The first kappa shape index (κ1) is 78.2. The van der Waals surface area contributed by atoms with Gasteiger partial charge in [0.1, 0.15) is 11.6 Å². The fourth-order valence-corrected chi connectivity index (χ4v) is 32.4. The number of aliphatic imine (C=N–C) groups is 1. The van der Waals surface area contributed by atoms with E-state index in [2.05, 4.69) is 502 Å². The third-order valence-electron chi connectivity index (χ3n) is 28.9. The minimum absolute atomic E-state index is 0.0240. The molecule has 0 spiro atoms. The molecule has 17 aromatic carbocycles. The fraction of sp³-hybridized carbons (Fsp3) is 0.0167. The highest BCUT2D eigenvalue weighted by Crippen LogP contribution is 2.48. The number of benzene rings is 17. The molecule has 0 fully saturated rings. The molecule has 3 aliphatic rings. The van der Waals surface area contributed by atoms with Gasteiger partial charge in [0.15, 0.2) is 16.1 Å². The number of allylic oxidation sites excluding steroid dienone is 2. The Kier molecular flexibility index (Phi) is 17.2. The second kappa shape index (κ2) is 30.6. The molecule has 26 aromatic rings. The summed E-state index contributed by atoms with van der Waals surface area (Å²) in [6.45, 7) is 0. The van der Waals surface area contributed by atoms with Crippen LogP contribution in [0.4, 0.5) is 17.3 Å². The number of imidazole rings is 6. The summed E-state index contributed by atoms with van der Waals surface area (Å²) < 4.78 is 15.8. The van der Waals surface area contributed by atoms with Crippen molar-refractivity contribution in [3.8, 4) is 56.9 Å². The van der Waals surface area contributed by atoms with Crippen molar-refractivity contribution in [2.75, 3.05) is 9.80 Å². The molecule has 0 amide bonds. The van der Waals surface area contributed by atoms with Crippen molar-refractivity contribution in [2.24, 2.45) is 4.99 Å². The molecule has 0 saturated carbocycles. The number of anilines is 3.